The zero-order valence-electron chi connectivity index (χ0n) is 17.6. The Hall–Kier alpha value is -3.11. The fraction of sp³-hybridized carbons (Fsp3) is 0.500. The van der Waals surface area contributed by atoms with Crippen molar-refractivity contribution in [2.75, 3.05) is 5.32 Å². The molecule has 31 heavy (non-hydrogen) atoms. The van der Waals surface area contributed by atoms with Crippen LogP contribution >= 0.6 is 0 Å². The quantitative estimate of drug-likeness (QED) is 0.501. The van der Waals surface area contributed by atoms with Gasteiger partial charge in [-0.15, -0.1) is 0 Å². The van der Waals surface area contributed by atoms with Crippen molar-refractivity contribution in [3.63, 3.8) is 0 Å². The molecule has 3 heterocycles. The molecule has 168 valence electrons. The molecule has 0 aliphatic carbocycles. The summed E-state index contributed by atoms with van der Waals surface area (Å²) in [7, 11) is 0. The molecule has 0 aliphatic rings. The lowest BCUT2D eigenvalue weighted by Crippen LogP contribution is -2.19. The van der Waals surface area contributed by atoms with Gasteiger partial charge in [0.1, 0.15) is 12.2 Å². The number of halogens is 3. The van der Waals surface area contributed by atoms with Crippen LogP contribution in [0.2, 0.25) is 0 Å². The number of esters is 1. The second-order valence-corrected chi connectivity index (χ2v) is 7.62. The van der Waals surface area contributed by atoms with Crippen molar-refractivity contribution in [1.82, 2.24) is 24.3 Å². The molecule has 0 aliphatic heterocycles. The Balaban J connectivity index is 1.71. The van der Waals surface area contributed by atoms with E-state index in [4.69, 9.17) is 4.74 Å². The second kappa shape index (κ2) is 9.36. The molecular formula is C20H25F3N6O2. The lowest BCUT2D eigenvalue weighted by molar-refractivity contribution is -0.148. The number of carbonyl (C=O) groups is 1. The predicted octanol–water partition coefficient (Wildman–Crippen LogP) is 4.30. The highest BCUT2D eigenvalue weighted by atomic mass is 19.4. The van der Waals surface area contributed by atoms with Gasteiger partial charge in [-0.2, -0.15) is 23.3 Å². The summed E-state index contributed by atoms with van der Waals surface area (Å²) in [4.78, 5) is 20.4. The molecule has 0 bridgehead atoms. The van der Waals surface area contributed by atoms with Crippen LogP contribution in [0, 0.1) is 5.92 Å². The maximum atomic E-state index is 12.8. The number of nitrogens with zero attached hydrogens (tertiary/aromatic N) is 5. The number of fused-ring (bicyclic) bond motifs is 1. The van der Waals surface area contributed by atoms with Gasteiger partial charge < -0.3 is 14.6 Å². The summed E-state index contributed by atoms with van der Waals surface area (Å²) in [6.45, 7) is 5.47. The van der Waals surface area contributed by atoms with Crippen molar-refractivity contribution in [3.05, 3.63) is 30.9 Å². The van der Waals surface area contributed by atoms with Gasteiger partial charge in [0.15, 0.2) is 0 Å². The maximum absolute atomic E-state index is 12.8. The smallest absolute Gasteiger partial charge is 0.389 e. The van der Waals surface area contributed by atoms with Gasteiger partial charge >= 0.3 is 12.1 Å². The average molecular weight is 438 g/mol. The molecule has 0 amide bonds. The molecule has 3 aromatic heterocycles. The minimum Gasteiger partial charge on any atom is -0.462 e. The van der Waals surface area contributed by atoms with Crippen molar-refractivity contribution in [1.29, 1.82) is 0 Å². The largest absolute Gasteiger partial charge is 0.462 e. The van der Waals surface area contributed by atoms with Crippen LogP contribution < -0.4 is 5.32 Å². The number of ether oxygens (including phenoxy) is 1. The third-order valence-corrected chi connectivity index (χ3v) is 4.60. The van der Waals surface area contributed by atoms with Crippen molar-refractivity contribution in [2.24, 2.45) is 5.92 Å². The summed E-state index contributed by atoms with van der Waals surface area (Å²) in [6.07, 6.45) is 1.63. The van der Waals surface area contributed by atoms with Crippen molar-refractivity contribution >= 4 is 28.6 Å². The minimum atomic E-state index is -4.20. The van der Waals surface area contributed by atoms with Crippen LogP contribution in [-0.2, 0) is 22.6 Å². The Kier molecular flexibility index (Phi) is 6.81. The predicted molar refractivity (Wildman–Crippen MR) is 109 cm³/mol. The van der Waals surface area contributed by atoms with E-state index < -0.39 is 24.5 Å². The van der Waals surface area contributed by atoms with E-state index in [1.807, 2.05) is 0 Å². The molecule has 8 nitrogen and oxygen atoms in total. The minimum absolute atomic E-state index is 0.0276. The van der Waals surface area contributed by atoms with Gasteiger partial charge in [-0.3, -0.25) is 9.48 Å². The normalized spacial score (nSPS) is 13.0. The molecule has 0 spiro atoms. The number of nitrogens with one attached hydrogen (secondary N) is 1. The Bertz CT molecular complexity index is 1030. The summed E-state index contributed by atoms with van der Waals surface area (Å²) >= 11 is 0. The topological polar surface area (TPSA) is 86.9 Å². The molecule has 0 saturated carbocycles. The monoisotopic (exact) mass is 438 g/mol. The highest BCUT2D eigenvalue weighted by molar-refractivity contribution is 5.76. The van der Waals surface area contributed by atoms with Gasteiger partial charge in [-0.25, -0.2) is 4.98 Å². The fourth-order valence-electron chi connectivity index (χ4n) is 3.20. The SMILES string of the molecule is CCC(Cn1ccc2cnc(Nc3cnn(CC(=O)OC(C)C)c3)nc21)CC(F)(F)F. The summed E-state index contributed by atoms with van der Waals surface area (Å²) in [6, 6.07) is 1.78. The molecular weight excluding hydrogens is 413 g/mol. The number of anilines is 2. The van der Waals surface area contributed by atoms with Crippen LogP contribution in [0.1, 0.15) is 33.6 Å². The molecule has 11 heteroatoms. The number of hydrogen-bond acceptors (Lipinski definition) is 6. The van der Waals surface area contributed by atoms with Gasteiger partial charge in [-0.1, -0.05) is 13.3 Å². The second-order valence-electron chi connectivity index (χ2n) is 7.62. The van der Waals surface area contributed by atoms with Gasteiger partial charge in [0.05, 0.1) is 18.0 Å². The van der Waals surface area contributed by atoms with Gasteiger partial charge in [0.25, 0.3) is 0 Å². The molecule has 0 radical (unpaired) electrons. The first-order valence-electron chi connectivity index (χ1n) is 10.0. The Morgan fingerprint density at radius 1 is 1.29 bits per heavy atom. The zero-order chi connectivity index (χ0) is 22.6. The van der Waals surface area contributed by atoms with E-state index in [0.29, 0.717) is 17.8 Å². The van der Waals surface area contributed by atoms with Crippen LogP contribution in [-0.4, -0.2) is 42.6 Å². The third-order valence-electron chi connectivity index (χ3n) is 4.60. The number of hydrogen-bond donors (Lipinski definition) is 1. The molecule has 1 unspecified atom stereocenters. The number of aromatic nitrogens is 5. The summed E-state index contributed by atoms with van der Waals surface area (Å²) in [5, 5.41) is 7.84. The first-order valence-corrected chi connectivity index (χ1v) is 10.0. The van der Waals surface area contributed by atoms with Crippen molar-refractivity contribution < 1.29 is 22.7 Å². The average Bonchev–Trinajstić information content (AvgIpc) is 3.26. The zero-order valence-corrected chi connectivity index (χ0v) is 17.6. The van der Waals surface area contributed by atoms with E-state index in [1.54, 1.807) is 50.0 Å². The van der Waals surface area contributed by atoms with E-state index in [9.17, 15) is 18.0 Å². The van der Waals surface area contributed by atoms with Crippen molar-refractivity contribution in [2.45, 2.75) is 59.0 Å². The molecule has 1 atom stereocenters. The van der Waals surface area contributed by atoms with Gasteiger partial charge in [0.2, 0.25) is 5.95 Å². The van der Waals surface area contributed by atoms with E-state index in [0.717, 1.165) is 5.39 Å². The lowest BCUT2D eigenvalue weighted by atomic mass is 10.0. The van der Waals surface area contributed by atoms with Crippen LogP contribution in [0.25, 0.3) is 11.0 Å². The van der Waals surface area contributed by atoms with Crippen LogP contribution in [0.3, 0.4) is 0 Å². The first-order chi connectivity index (χ1) is 14.6. The Labute approximate surface area is 177 Å². The van der Waals surface area contributed by atoms with Crippen LogP contribution in [0.15, 0.2) is 30.9 Å². The van der Waals surface area contributed by atoms with Gasteiger partial charge in [-0.05, 0) is 25.8 Å². The van der Waals surface area contributed by atoms with Crippen molar-refractivity contribution in [3.8, 4) is 0 Å². The number of rotatable bonds is 9. The van der Waals surface area contributed by atoms with E-state index in [2.05, 4.69) is 20.4 Å². The molecule has 0 aromatic carbocycles. The summed E-state index contributed by atoms with van der Waals surface area (Å²) < 4.78 is 46.6. The number of alkyl halides is 3. The Morgan fingerprint density at radius 3 is 2.74 bits per heavy atom. The van der Waals surface area contributed by atoms with E-state index in [-0.39, 0.29) is 25.1 Å². The molecule has 0 fully saturated rings. The van der Waals surface area contributed by atoms with E-state index in [1.165, 1.54) is 10.9 Å². The summed E-state index contributed by atoms with van der Waals surface area (Å²) in [5.41, 5.74) is 1.12. The van der Waals surface area contributed by atoms with Gasteiger partial charge in [0, 0.05) is 36.9 Å². The molecule has 0 saturated heterocycles. The standard InChI is InChI=1S/C20H25F3N6O2/c1-4-14(7-20(21,22)23)10-28-6-5-15-8-24-19(27-18(15)28)26-16-9-25-29(11-16)12-17(30)31-13(2)3/h5-6,8-9,11,13-14H,4,7,10,12H2,1-3H3,(H,24,26,27). The maximum Gasteiger partial charge on any atom is 0.389 e. The fourth-order valence-corrected chi connectivity index (χ4v) is 3.20. The van der Waals surface area contributed by atoms with E-state index >= 15 is 0 Å². The summed E-state index contributed by atoms with van der Waals surface area (Å²) in [5.74, 6) is -0.657. The van der Waals surface area contributed by atoms with Crippen LogP contribution in [0.5, 0.6) is 0 Å². The molecule has 3 rings (SSSR count). The number of carbonyl (C=O) groups excluding carboxylic acids is 1. The first kappa shape index (κ1) is 22.6. The highest BCUT2D eigenvalue weighted by Crippen LogP contribution is 2.28. The molecule has 3 aromatic rings. The lowest BCUT2D eigenvalue weighted by Gasteiger charge is -2.18. The van der Waals surface area contributed by atoms with Crippen LogP contribution in [0.4, 0.5) is 24.8 Å². The third kappa shape index (κ3) is 6.43. The molecule has 1 N–H and O–H groups in total. The Morgan fingerprint density at radius 2 is 2.06 bits per heavy atom. The highest BCUT2D eigenvalue weighted by Gasteiger charge is 2.31.